The van der Waals surface area contributed by atoms with Crippen molar-refractivity contribution < 1.29 is 47.7 Å². The first-order chi connectivity index (χ1) is 49.1. The van der Waals surface area contributed by atoms with E-state index in [2.05, 4.69) is 127 Å². The molecule has 16 bridgehead atoms. The van der Waals surface area contributed by atoms with E-state index in [1.54, 1.807) is 0 Å². The number of carbonyl (C=O) groups is 6. The van der Waals surface area contributed by atoms with Gasteiger partial charge in [0, 0.05) is 44.1 Å². The zero-order valence-electron chi connectivity index (χ0n) is 63.0. The molecule has 0 amide bonds. The minimum Gasteiger partial charge on any atom is -0.466 e. The lowest BCUT2D eigenvalue weighted by molar-refractivity contribution is -0.140. The summed E-state index contributed by atoms with van der Waals surface area (Å²) in [6.07, 6.45) is 14.0. The summed E-state index contributed by atoms with van der Waals surface area (Å²) in [4.78, 5) is 119. The standard InChI is InChI=1S/2C42H50N4O5/c1-10-23-25(12-3)31-21-35-41(14-5,15-6)38(47)34(46-35)20-30-24(11-2)26(13-4)32(44-30)22-36-42(16-7)28(33(45-36)19-29(23)43-31)18-17-27(39(48)50-8)37(42)40(49)51-9;1-10-23-24(11-2)30-20-34-38(47)41(14-5,15-6)35(46-34)21-31-25(12-3)26(13-4)32(44-31)22-36-42(16-7)28(33(45-36)19-29(23)43-30)18-17-27(39(48)50-8)37(42)40(49)51-9/h2*18-22,43-44H,10-17H2,1-9H3. The lowest BCUT2D eigenvalue weighted by atomic mass is 9.65. The Morgan fingerprint density at radius 3 is 0.804 bits per heavy atom. The topological polar surface area (TPSA) is 254 Å². The van der Waals surface area contributed by atoms with Gasteiger partial charge in [-0.25, -0.2) is 29.1 Å². The molecule has 6 aromatic rings. The second-order valence-electron chi connectivity index (χ2n) is 27.2. The van der Waals surface area contributed by atoms with Crippen LogP contribution in [0.25, 0.3) is 55.3 Å². The maximum absolute atomic E-state index is 14.4. The number of H-pyrrole nitrogens is 4. The fourth-order valence-electron chi connectivity index (χ4n) is 18.0. The minimum absolute atomic E-state index is 0.0412. The summed E-state index contributed by atoms with van der Waals surface area (Å²) < 4.78 is 21.2. The smallest absolute Gasteiger partial charge is 0.335 e. The summed E-state index contributed by atoms with van der Waals surface area (Å²) in [5.41, 5.74) is 20.6. The van der Waals surface area contributed by atoms with Gasteiger partial charge in [0.15, 0.2) is 11.6 Å². The summed E-state index contributed by atoms with van der Waals surface area (Å²) in [5.74, 6) is -2.19. The molecule has 18 heteroatoms. The molecule has 0 radical (unpaired) electrons. The van der Waals surface area contributed by atoms with Crippen molar-refractivity contribution in [2.24, 2.45) is 0 Å². The van der Waals surface area contributed by atoms with Gasteiger partial charge in [-0.2, -0.15) is 0 Å². The molecule has 4 aliphatic heterocycles. The van der Waals surface area contributed by atoms with Crippen LogP contribution in [-0.4, -0.2) is 104 Å². The lowest BCUT2D eigenvalue weighted by Crippen LogP contribution is -2.36. The van der Waals surface area contributed by atoms with E-state index in [0.29, 0.717) is 67.0 Å². The number of carbonyl (C=O) groups excluding carboxylic acids is 6. The number of nitrogens with zero attached hydrogens (tertiary/aromatic N) is 4. The first-order valence-electron chi connectivity index (χ1n) is 37.0. The third-order valence-corrected chi connectivity index (χ3v) is 23.4. The van der Waals surface area contributed by atoms with Gasteiger partial charge in [-0.05, 0) is 207 Å². The van der Waals surface area contributed by atoms with Crippen LogP contribution in [-0.2, 0) is 111 Å². The van der Waals surface area contributed by atoms with Gasteiger partial charge in [-0.3, -0.25) is 19.6 Å². The van der Waals surface area contributed by atoms with Crippen LogP contribution in [0.1, 0.15) is 248 Å². The Labute approximate surface area is 598 Å². The molecule has 2 aliphatic carbocycles. The average Bonchev–Trinajstić information content (AvgIpc) is 1.52. The Bertz CT molecular complexity index is 4970. The molecule has 2 unspecified atom stereocenters. The van der Waals surface area contributed by atoms with Gasteiger partial charge in [-0.1, -0.05) is 109 Å². The van der Waals surface area contributed by atoms with Gasteiger partial charge < -0.3 is 38.9 Å². The van der Waals surface area contributed by atoms with E-state index in [4.69, 9.17) is 38.9 Å². The lowest BCUT2D eigenvalue weighted by Gasteiger charge is -2.35. The van der Waals surface area contributed by atoms with Gasteiger partial charge in [0.05, 0.1) is 107 Å². The Balaban J connectivity index is 0.000000205. The fourth-order valence-corrected chi connectivity index (χ4v) is 18.0. The van der Waals surface area contributed by atoms with Crippen LogP contribution in [0.4, 0.5) is 0 Å². The molecule has 12 rings (SSSR count). The van der Waals surface area contributed by atoms with Crippen molar-refractivity contribution in [2.45, 2.75) is 221 Å². The van der Waals surface area contributed by atoms with Crippen LogP contribution in [0.3, 0.4) is 0 Å². The van der Waals surface area contributed by atoms with Crippen LogP contribution >= 0.6 is 0 Å². The summed E-state index contributed by atoms with van der Waals surface area (Å²) >= 11 is 0. The van der Waals surface area contributed by atoms with Crippen LogP contribution < -0.4 is 0 Å². The van der Waals surface area contributed by atoms with E-state index < -0.39 is 45.5 Å². The predicted octanol–water partition coefficient (Wildman–Crippen LogP) is 16.6. The highest BCUT2D eigenvalue weighted by Crippen LogP contribution is 2.56. The van der Waals surface area contributed by atoms with Crippen molar-refractivity contribution in [3.05, 3.63) is 173 Å². The van der Waals surface area contributed by atoms with Gasteiger partial charge in [0.1, 0.15) is 11.4 Å². The number of ether oxygens (including phenoxy) is 4. The second kappa shape index (κ2) is 29.0. The van der Waals surface area contributed by atoms with Crippen molar-refractivity contribution in [1.29, 1.82) is 0 Å². The number of ketones is 2. The van der Waals surface area contributed by atoms with Crippen molar-refractivity contribution in [2.75, 3.05) is 28.4 Å². The Kier molecular flexibility index (Phi) is 21.0. The number of methoxy groups -OCH3 is 4. The molecule has 0 saturated heterocycles. The summed E-state index contributed by atoms with van der Waals surface area (Å²) in [5, 5.41) is 0. The zero-order chi connectivity index (χ0) is 73.7. The molecule has 102 heavy (non-hydrogen) atoms. The third kappa shape index (κ3) is 11.2. The number of hydrogen-bond donors (Lipinski definition) is 4. The molecular weight excluding hydrogens is 1280 g/mol. The molecule has 536 valence electrons. The quantitative estimate of drug-likeness (QED) is 0.0461. The van der Waals surface area contributed by atoms with Crippen molar-refractivity contribution in [1.82, 2.24) is 39.9 Å². The maximum atomic E-state index is 14.4. The molecule has 4 N–H and O–H groups in total. The van der Waals surface area contributed by atoms with Crippen molar-refractivity contribution in [3.8, 4) is 0 Å². The van der Waals surface area contributed by atoms with E-state index in [1.807, 2.05) is 50.3 Å². The monoisotopic (exact) mass is 1380 g/mol. The highest BCUT2D eigenvalue weighted by Gasteiger charge is 2.54. The molecule has 0 aromatic carbocycles. The number of aryl methyl sites for hydroxylation is 8. The number of aromatic nitrogens is 8. The average molecular weight is 1380 g/mol. The molecule has 6 aliphatic rings. The van der Waals surface area contributed by atoms with Crippen LogP contribution in [0, 0.1) is 0 Å². The molecule has 0 spiro atoms. The van der Waals surface area contributed by atoms with E-state index in [1.165, 1.54) is 39.6 Å². The Morgan fingerprint density at radius 2 is 0.569 bits per heavy atom. The van der Waals surface area contributed by atoms with Crippen molar-refractivity contribution >= 4 is 90.7 Å². The fraction of sp³-hybridized carbons (Fsp3) is 0.452. The number of allylic oxidation sites excluding steroid dienone is 4. The van der Waals surface area contributed by atoms with Gasteiger partial charge in [-0.15, -0.1) is 0 Å². The van der Waals surface area contributed by atoms with Crippen LogP contribution in [0.5, 0.6) is 0 Å². The number of fused-ring (bicyclic) bond motifs is 22. The Hall–Kier alpha value is -9.58. The SMILES string of the molecule is CCc1c(CC)c2cc3nc(cc4[nH]c(cc5nc(cc1[nH]2)C(=O)C5(CC)CC)c(CC)c4CC)C1(CC)C3=CCC(C(=O)OC)=C1C(=O)OC.CCc1c(CC)c2cc3nc(cc4[nH]c(cc5nc(cc1[nH]2)C(=O)C5(CC)CC)c(CC)c4CC)C1=CCC(C(=O)OC)=C(C(=O)OC)C13CC. The zero-order valence-corrected chi connectivity index (χ0v) is 63.0. The molecule has 2 atom stereocenters. The van der Waals surface area contributed by atoms with Gasteiger partial charge in [0.25, 0.3) is 0 Å². The third-order valence-electron chi connectivity index (χ3n) is 23.4. The molecule has 18 nitrogen and oxygen atoms in total. The highest BCUT2D eigenvalue weighted by molar-refractivity contribution is 6.10. The maximum Gasteiger partial charge on any atom is 0.335 e. The number of Topliss-reactive ketones (excluding diaryl/α,β-unsaturated/α-hetero) is 2. The molecule has 0 saturated carbocycles. The molecule has 6 aromatic heterocycles. The number of esters is 4. The summed E-state index contributed by atoms with van der Waals surface area (Å²) in [6, 6.07) is 16.2. The number of aromatic amines is 4. The first-order valence-corrected chi connectivity index (χ1v) is 37.0. The number of rotatable bonds is 18. The first kappa shape index (κ1) is 73.6. The summed E-state index contributed by atoms with van der Waals surface area (Å²) in [7, 11) is 5.35. The predicted molar refractivity (Wildman–Crippen MR) is 401 cm³/mol. The minimum atomic E-state index is -1.07. The van der Waals surface area contributed by atoms with E-state index >= 15 is 0 Å². The molecular formula is C84H100N8O10. The highest BCUT2D eigenvalue weighted by atomic mass is 16.5. The summed E-state index contributed by atoms with van der Waals surface area (Å²) in [6.45, 7) is 29.3. The molecule has 0 fully saturated rings. The molecule has 10 heterocycles. The Morgan fingerprint density at radius 1 is 0.333 bits per heavy atom. The van der Waals surface area contributed by atoms with E-state index in [-0.39, 0.29) is 46.7 Å². The normalized spacial score (nSPS) is 18.1. The van der Waals surface area contributed by atoms with Gasteiger partial charge >= 0.3 is 23.9 Å². The number of nitrogens with one attached hydrogen (secondary N) is 4. The largest absolute Gasteiger partial charge is 0.466 e. The van der Waals surface area contributed by atoms with Gasteiger partial charge in [0.2, 0.25) is 0 Å². The second-order valence-corrected chi connectivity index (χ2v) is 27.2. The number of hydrogen-bond acceptors (Lipinski definition) is 14. The van der Waals surface area contributed by atoms with Crippen LogP contribution in [0.15, 0.2) is 83.0 Å². The van der Waals surface area contributed by atoms with Crippen LogP contribution in [0.2, 0.25) is 0 Å². The van der Waals surface area contributed by atoms with E-state index in [0.717, 1.165) is 157 Å². The van der Waals surface area contributed by atoms with Crippen molar-refractivity contribution in [3.63, 3.8) is 0 Å². The van der Waals surface area contributed by atoms with E-state index in [9.17, 15) is 28.8 Å².